The molecule has 1 unspecified atom stereocenters. The fourth-order valence-corrected chi connectivity index (χ4v) is 3.03. The van der Waals surface area contributed by atoms with Gasteiger partial charge in [0.2, 0.25) is 0 Å². The third kappa shape index (κ3) is 2.38. The highest BCUT2D eigenvalue weighted by atomic mass is 32.2. The van der Waals surface area contributed by atoms with Crippen molar-refractivity contribution < 1.29 is 9.53 Å². The summed E-state index contributed by atoms with van der Waals surface area (Å²) in [6.07, 6.45) is 2.11. The number of aryl methyl sites for hydroxylation is 1. The van der Waals surface area contributed by atoms with Crippen LogP contribution in [0, 0.1) is 0 Å². The molecule has 0 spiro atoms. The zero-order valence-electron chi connectivity index (χ0n) is 10.8. The molecule has 0 aliphatic carbocycles. The lowest BCUT2D eigenvalue weighted by Crippen LogP contribution is -2.14. The summed E-state index contributed by atoms with van der Waals surface area (Å²) in [7, 11) is 1.43. The summed E-state index contributed by atoms with van der Waals surface area (Å²) in [5.41, 5.74) is 1.21. The molecule has 96 valence electrons. The van der Waals surface area contributed by atoms with E-state index in [9.17, 15) is 4.79 Å². The number of hydrogen-bond donors (Lipinski definition) is 0. The molecular formula is C14H17NO2S. The highest BCUT2D eigenvalue weighted by molar-refractivity contribution is 8.00. The molecule has 1 aromatic heterocycles. The van der Waals surface area contributed by atoms with Crippen LogP contribution in [0.3, 0.4) is 0 Å². The van der Waals surface area contributed by atoms with E-state index in [4.69, 9.17) is 4.74 Å². The quantitative estimate of drug-likeness (QED) is 0.626. The molecule has 18 heavy (non-hydrogen) atoms. The molecule has 1 aromatic carbocycles. The van der Waals surface area contributed by atoms with E-state index in [1.54, 1.807) is 11.8 Å². The number of ether oxygens (including phenoxy) is 1. The lowest BCUT2D eigenvalue weighted by molar-refractivity contribution is -0.139. The number of nitrogens with zero attached hydrogens (tertiary/aromatic N) is 1. The molecule has 0 aliphatic heterocycles. The van der Waals surface area contributed by atoms with Crippen LogP contribution in [0.5, 0.6) is 0 Å². The molecule has 0 radical (unpaired) electrons. The van der Waals surface area contributed by atoms with Crippen LogP contribution in [0.1, 0.15) is 13.8 Å². The second kappa shape index (κ2) is 5.48. The average molecular weight is 263 g/mol. The van der Waals surface area contributed by atoms with Gasteiger partial charge in [-0.2, -0.15) is 0 Å². The fourth-order valence-electron chi connectivity index (χ4n) is 1.97. The van der Waals surface area contributed by atoms with Crippen LogP contribution in [0.4, 0.5) is 0 Å². The molecule has 0 aliphatic rings. The summed E-state index contributed by atoms with van der Waals surface area (Å²) >= 11 is 1.55. The molecular weight excluding hydrogens is 246 g/mol. The number of carbonyl (C=O) groups excluding carboxylic acids is 1. The third-order valence-electron chi connectivity index (χ3n) is 2.93. The van der Waals surface area contributed by atoms with Gasteiger partial charge in [0.1, 0.15) is 5.25 Å². The second-order valence-electron chi connectivity index (χ2n) is 4.08. The first-order chi connectivity index (χ1) is 8.67. The number of benzene rings is 1. The molecule has 3 nitrogen and oxygen atoms in total. The van der Waals surface area contributed by atoms with Crippen LogP contribution < -0.4 is 0 Å². The molecule has 0 fully saturated rings. The van der Waals surface area contributed by atoms with Gasteiger partial charge in [-0.25, -0.2) is 0 Å². The second-order valence-corrected chi connectivity index (χ2v) is 5.46. The third-order valence-corrected chi connectivity index (χ3v) is 4.05. The number of carbonyl (C=O) groups is 1. The van der Waals surface area contributed by atoms with E-state index in [0.717, 1.165) is 11.4 Å². The van der Waals surface area contributed by atoms with Gasteiger partial charge in [0.15, 0.2) is 0 Å². The summed E-state index contributed by atoms with van der Waals surface area (Å²) in [4.78, 5) is 12.6. The molecule has 0 saturated heterocycles. The first-order valence-electron chi connectivity index (χ1n) is 5.99. The maximum Gasteiger partial charge on any atom is 0.318 e. The largest absolute Gasteiger partial charge is 0.468 e. The molecule has 0 amide bonds. The fraction of sp³-hybridized carbons (Fsp3) is 0.357. The van der Waals surface area contributed by atoms with Crippen LogP contribution in [-0.4, -0.2) is 22.9 Å². The summed E-state index contributed by atoms with van der Waals surface area (Å²) in [5, 5.41) is 1.01. The van der Waals surface area contributed by atoms with Crippen molar-refractivity contribution in [2.24, 2.45) is 0 Å². The van der Waals surface area contributed by atoms with Crippen molar-refractivity contribution >= 4 is 28.6 Å². The van der Waals surface area contributed by atoms with Gasteiger partial charge in [0.05, 0.1) is 7.11 Å². The minimum absolute atomic E-state index is 0.187. The van der Waals surface area contributed by atoms with Crippen molar-refractivity contribution in [2.75, 3.05) is 7.11 Å². The van der Waals surface area contributed by atoms with Crippen LogP contribution in [0.2, 0.25) is 0 Å². The Kier molecular flexibility index (Phi) is 3.97. The van der Waals surface area contributed by atoms with Crippen molar-refractivity contribution in [2.45, 2.75) is 30.5 Å². The Morgan fingerprint density at radius 2 is 2.17 bits per heavy atom. The van der Waals surface area contributed by atoms with E-state index in [1.165, 1.54) is 18.0 Å². The Hall–Kier alpha value is -1.42. The Balaban J connectivity index is 2.36. The topological polar surface area (TPSA) is 31.2 Å². The Bertz CT molecular complexity index is 562. The predicted molar refractivity (Wildman–Crippen MR) is 74.9 cm³/mol. The lowest BCUT2D eigenvalue weighted by atomic mass is 10.2. The van der Waals surface area contributed by atoms with Crippen molar-refractivity contribution in [1.82, 2.24) is 4.57 Å². The molecule has 4 heteroatoms. The summed E-state index contributed by atoms with van der Waals surface area (Å²) in [5.74, 6) is -0.187. The number of esters is 1. The van der Waals surface area contributed by atoms with Gasteiger partial charge < -0.3 is 9.30 Å². The van der Waals surface area contributed by atoms with E-state index in [0.29, 0.717) is 0 Å². The van der Waals surface area contributed by atoms with Crippen molar-refractivity contribution in [1.29, 1.82) is 0 Å². The van der Waals surface area contributed by atoms with Crippen LogP contribution in [-0.2, 0) is 16.1 Å². The van der Waals surface area contributed by atoms with Crippen LogP contribution in [0.25, 0.3) is 10.9 Å². The predicted octanol–water partition coefficient (Wildman–Crippen LogP) is 3.31. The lowest BCUT2D eigenvalue weighted by Gasteiger charge is -2.07. The Morgan fingerprint density at radius 1 is 1.44 bits per heavy atom. The highest BCUT2D eigenvalue weighted by Crippen LogP contribution is 2.32. The number of rotatable bonds is 4. The first-order valence-corrected chi connectivity index (χ1v) is 6.87. The van der Waals surface area contributed by atoms with E-state index in [-0.39, 0.29) is 11.2 Å². The van der Waals surface area contributed by atoms with Gasteiger partial charge in [-0.1, -0.05) is 18.2 Å². The van der Waals surface area contributed by atoms with Gasteiger partial charge in [-0.05, 0) is 19.9 Å². The van der Waals surface area contributed by atoms with E-state index >= 15 is 0 Å². The number of aromatic nitrogens is 1. The average Bonchev–Trinajstić information content (AvgIpc) is 2.76. The standard InChI is InChI=1S/C14H17NO2S/c1-4-15-9-13(18-10(2)14(16)17-3)11-7-5-6-8-12(11)15/h5-10H,4H2,1-3H3. The van der Waals surface area contributed by atoms with E-state index < -0.39 is 0 Å². The Labute approximate surface area is 111 Å². The van der Waals surface area contributed by atoms with E-state index in [2.05, 4.69) is 29.8 Å². The minimum atomic E-state index is -0.189. The zero-order valence-corrected chi connectivity index (χ0v) is 11.7. The molecule has 2 aromatic rings. The molecule has 1 atom stereocenters. The smallest absolute Gasteiger partial charge is 0.318 e. The summed E-state index contributed by atoms with van der Waals surface area (Å²) < 4.78 is 6.96. The number of methoxy groups -OCH3 is 1. The van der Waals surface area contributed by atoms with E-state index in [1.807, 2.05) is 19.1 Å². The maximum atomic E-state index is 11.5. The van der Waals surface area contributed by atoms with Crippen LogP contribution >= 0.6 is 11.8 Å². The normalized spacial score (nSPS) is 12.6. The minimum Gasteiger partial charge on any atom is -0.468 e. The summed E-state index contributed by atoms with van der Waals surface area (Å²) in [6, 6.07) is 8.25. The zero-order chi connectivity index (χ0) is 13.1. The number of para-hydroxylation sites is 1. The van der Waals surface area contributed by atoms with Crippen molar-refractivity contribution in [3.05, 3.63) is 30.5 Å². The van der Waals surface area contributed by atoms with Gasteiger partial charge in [-0.3, -0.25) is 4.79 Å². The van der Waals surface area contributed by atoms with Crippen LogP contribution in [0.15, 0.2) is 35.4 Å². The number of fused-ring (bicyclic) bond motifs is 1. The summed E-state index contributed by atoms with van der Waals surface area (Å²) in [6.45, 7) is 4.91. The first kappa shape index (κ1) is 13.0. The van der Waals surface area contributed by atoms with Gasteiger partial charge in [0, 0.05) is 28.5 Å². The molecule has 2 rings (SSSR count). The highest BCUT2D eigenvalue weighted by Gasteiger charge is 2.17. The Morgan fingerprint density at radius 3 is 2.83 bits per heavy atom. The number of thioether (sulfide) groups is 1. The van der Waals surface area contributed by atoms with Gasteiger partial charge in [-0.15, -0.1) is 11.8 Å². The molecule has 0 bridgehead atoms. The van der Waals surface area contributed by atoms with Crippen molar-refractivity contribution in [3.63, 3.8) is 0 Å². The molecule has 0 N–H and O–H groups in total. The molecule has 0 saturated carbocycles. The maximum absolute atomic E-state index is 11.5. The number of hydrogen-bond acceptors (Lipinski definition) is 3. The van der Waals surface area contributed by atoms with Crippen molar-refractivity contribution in [3.8, 4) is 0 Å². The molecule has 1 heterocycles. The van der Waals surface area contributed by atoms with Gasteiger partial charge >= 0.3 is 5.97 Å². The monoisotopic (exact) mass is 263 g/mol. The van der Waals surface area contributed by atoms with Gasteiger partial charge in [0.25, 0.3) is 0 Å². The SMILES string of the molecule is CCn1cc(SC(C)C(=O)OC)c2ccccc21.